The van der Waals surface area contributed by atoms with E-state index in [1.165, 1.54) is 17.2 Å². The van der Waals surface area contributed by atoms with Crippen molar-refractivity contribution in [2.75, 3.05) is 0 Å². The average molecular weight is 389 g/mol. The second kappa shape index (κ2) is 6.94. The Morgan fingerprint density at radius 2 is 1.30 bits per heavy atom. The molecule has 0 fully saturated rings. The van der Waals surface area contributed by atoms with Crippen LogP contribution in [-0.2, 0) is 11.5 Å². The summed E-state index contributed by atoms with van der Waals surface area (Å²) >= 11 is 4.36. The quantitative estimate of drug-likeness (QED) is 0.373. The summed E-state index contributed by atoms with van der Waals surface area (Å²) in [5, 5.41) is 0.420. The fourth-order valence-electron chi connectivity index (χ4n) is 4.10. The number of hydrogen-bond donors (Lipinski definition) is 0. The maximum absolute atomic E-state index is 4.36. The van der Waals surface area contributed by atoms with Gasteiger partial charge in [0.15, 0.2) is 0 Å². The van der Waals surface area contributed by atoms with Crippen LogP contribution in [0.2, 0.25) is 11.1 Å². The van der Waals surface area contributed by atoms with Crippen LogP contribution in [0.1, 0.15) is 45.7 Å². The molecule has 2 rings (SSSR count). The highest BCUT2D eigenvalue weighted by atomic mass is 79.9. The van der Waals surface area contributed by atoms with Gasteiger partial charge >= 0.3 is 0 Å². The van der Waals surface area contributed by atoms with E-state index in [0.29, 0.717) is 0 Å². The van der Waals surface area contributed by atoms with E-state index >= 15 is 0 Å². The topological polar surface area (TPSA) is 0 Å². The Hall–Kier alpha value is -0.863. The second-order valence-corrected chi connectivity index (χ2v) is 16.7. The molecule has 124 valence electrons. The lowest BCUT2D eigenvalue weighted by molar-refractivity contribution is 0.585. The molecule has 2 heteroatoms. The van der Waals surface area contributed by atoms with Crippen LogP contribution < -0.4 is 0 Å². The second-order valence-electron chi connectivity index (χ2n) is 7.69. The lowest BCUT2D eigenvalue weighted by Crippen LogP contribution is -2.55. The van der Waals surface area contributed by atoms with E-state index in [9.17, 15) is 0 Å². The lowest BCUT2D eigenvalue weighted by Gasteiger charge is -2.51. The van der Waals surface area contributed by atoms with Crippen molar-refractivity contribution in [3.05, 3.63) is 71.8 Å². The molecule has 0 radical (unpaired) electrons. The van der Waals surface area contributed by atoms with E-state index in [0.717, 1.165) is 6.42 Å². The first kappa shape index (κ1) is 18.5. The Morgan fingerprint density at radius 3 is 1.78 bits per heavy atom. The van der Waals surface area contributed by atoms with Gasteiger partial charge in [-0.2, -0.15) is 0 Å². The zero-order valence-electron chi connectivity index (χ0n) is 15.1. The molecule has 0 heterocycles. The molecule has 0 saturated carbocycles. The summed E-state index contributed by atoms with van der Waals surface area (Å²) < 4.78 is 0. The minimum absolute atomic E-state index is 0.168. The number of hydrogen-bond acceptors (Lipinski definition) is 0. The van der Waals surface area contributed by atoms with Crippen molar-refractivity contribution in [1.82, 2.24) is 0 Å². The van der Waals surface area contributed by atoms with E-state index in [2.05, 4.69) is 111 Å². The molecule has 0 bridgehead atoms. The highest BCUT2D eigenvalue weighted by Gasteiger charge is 2.54. The molecule has 23 heavy (non-hydrogen) atoms. The van der Waals surface area contributed by atoms with E-state index < -0.39 is 6.69 Å². The fourth-order valence-corrected chi connectivity index (χ4v) is 9.85. The number of benzene rings is 2. The molecule has 1 unspecified atom stereocenters. The molecule has 2 aromatic rings. The normalized spacial score (nSPS) is 15.2. The zero-order chi connectivity index (χ0) is 17.1. The van der Waals surface area contributed by atoms with E-state index in [1.807, 2.05) is 0 Å². The highest BCUT2D eigenvalue weighted by molar-refractivity contribution is 9.26. The summed E-state index contributed by atoms with van der Waals surface area (Å²) in [7, 11) is 0. The Morgan fingerprint density at radius 1 is 0.826 bits per heavy atom. The summed E-state index contributed by atoms with van der Waals surface area (Å²) in [5.41, 5.74) is 2.89. The first-order chi connectivity index (χ1) is 10.7. The van der Waals surface area contributed by atoms with Crippen LogP contribution in [-0.4, -0.2) is 6.69 Å². The van der Waals surface area contributed by atoms with Crippen LogP contribution in [0.15, 0.2) is 60.7 Å². The molecule has 0 spiro atoms. The monoisotopic (exact) mass is 388 g/mol. The third-order valence-electron chi connectivity index (χ3n) is 5.53. The molecular formula is C21H29BrSi. The van der Waals surface area contributed by atoms with Crippen molar-refractivity contribution in [2.45, 2.75) is 57.2 Å². The Bertz CT molecular complexity index is 619. The predicted molar refractivity (Wildman–Crippen MR) is 109 cm³/mol. The fraction of sp³-hybridized carbons (Fsp3) is 0.429. The summed E-state index contributed by atoms with van der Waals surface area (Å²) in [6, 6.07) is 23.2. The van der Waals surface area contributed by atoms with E-state index in [4.69, 9.17) is 0 Å². The molecule has 0 N–H and O–H groups in total. The lowest BCUT2D eigenvalue weighted by atomic mass is 10.0. The van der Waals surface area contributed by atoms with Crippen LogP contribution in [0.3, 0.4) is 0 Å². The highest BCUT2D eigenvalue weighted by Crippen LogP contribution is 2.55. The Labute approximate surface area is 150 Å². The Balaban J connectivity index is 2.42. The van der Waals surface area contributed by atoms with Gasteiger partial charge in [-0.3, -0.25) is 0 Å². The van der Waals surface area contributed by atoms with Gasteiger partial charge in [-0.05, 0) is 33.7 Å². The van der Waals surface area contributed by atoms with E-state index in [-0.39, 0.29) is 10.1 Å². The maximum Gasteiger partial charge on any atom is 0.145 e. The molecule has 0 saturated heterocycles. The SMILES string of the molecule is CC[Si](Br)(C(C)(C)Cc1ccccc1)C(C)(C)c1ccccc1. The molecule has 0 aliphatic heterocycles. The number of halogens is 1. The third kappa shape index (κ3) is 3.48. The first-order valence-corrected chi connectivity index (χ1v) is 13.0. The van der Waals surface area contributed by atoms with Gasteiger partial charge in [-0.1, -0.05) is 95.3 Å². The minimum atomic E-state index is -1.79. The van der Waals surface area contributed by atoms with Gasteiger partial charge in [-0.25, -0.2) is 0 Å². The van der Waals surface area contributed by atoms with Gasteiger partial charge in [-0.15, -0.1) is 15.3 Å². The summed E-state index contributed by atoms with van der Waals surface area (Å²) in [6.07, 6.45) is 1.12. The van der Waals surface area contributed by atoms with Crippen LogP contribution in [0.25, 0.3) is 0 Å². The van der Waals surface area contributed by atoms with Crippen LogP contribution in [0.5, 0.6) is 0 Å². The maximum atomic E-state index is 4.36. The smallest absolute Gasteiger partial charge is 0.125 e. The van der Waals surface area contributed by atoms with Crippen LogP contribution in [0, 0.1) is 0 Å². The standard InChI is InChI=1S/C21H29BrSi/c1-6-23(22,21(4,5)19-15-11-8-12-16-19)20(2,3)17-18-13-9-7-10-14-18/h7-16H,6,17H2,1-5H3. The Kier molecular flexibility index (Phi) is 5.58. The van der Waals surface area contributed by atoms with Gasteiger partial charge in [0, 0.05) is 0 Å². The van der Waals surface area contributed by atoms with Gasteiger partial charge in [0.25, 0.3) is 0 Å². The molecule has 0 aliphatic rings. The minimum Gasteiger partial charge on any atom is -0.125 e. The van der Waals surface area contributed by atoms with Gasteiger partial charge in [0.05, 0.1) is 0 Å². The largest absolute Gasteiger partial charge is 0.145 e. The van der Waals surface area contributed by atoms with E-state index in [1.54, 1.807) is 0 Å². The van der Waals surface area contributed by atoms with Gasteiger partial charge < -0.3 is 0 Å². The predicted octanol–water partition coefficient (Wildman–Crippen LogP) is 6.89. The van der Waals surface area contributed by atoms with Crippen molar-refractivity contribution in [1.29, 1.82) is 0 Å². The zero-order valence-corrected chi connectivity index (χ0v) is 17.7. The summed E-state index contributed by atoms with van der Waals surface area (Å²) in [5.74, 6) is 0. The third-order valence-corrected chi connectivity index (χ3v) is 19.0. The average Bonchev–Trinajstić information content (AvgIpc) is 2.55. The molecule has 0 nitrogen and oxygen atoms in total. The van der Waals surface area contributed by atoms with Crippen molar-refractivity contribution >= 4 is 22.0 Å². The molecule has 0 aromatic heterocycles. The molecule has 2 aromatic carbocycles. The van der Waals surface area contributed by atoms with Crippen LogP contribution >= 0.6 is 15.3 Å². The first-order valence-electron chi connectivity index (χ1n) is 8.53. The van der Waals surface area contributed by atoms with Gasteiger partial charge in [0.2, 0.25) is 0 Å². The molecule has 0 aliphatic carbocycles. The molecule has 0 amide bonds. The van der Waals surface area contributed by atoms with Crippen molar-refractivity contribution in [3.63, 3.8) is 0 Å². The number of rotatable bonds is 6. The van der Waals surface area contributed by atoms with Crippen molar-refractivity contribution < 1.29 is 0 Å². The summed E-state index contributed by atoms with van der Waals surface area (Å²) in [4.78, 5) is 0. The molecule has 1 atom stereocenters. The summed E-state index contributed by atoms with van der Waals surface area (Å²) in [6.45, 7) is 10.3. The van der Waals surface area contributed by atoms with Crippen LogP contribution in [0.4, 0.5) is 0 Å². The van der Waals surface area contributed by atoms with Crippen molar-refractivity contribution in [3.8, 4) is 0 Å². The van der Waals surface area contributed by atoms with Gasteiger partial charge in [0.1, 0.15) is 6.69 Å². The molecular weight excluding hydrogens is 360 g/mol. The van der Waals surface area contributed by atoms with Crippen molar-refractivity contribution in [2.24, 2.45) is 0 Å².